The zero-order valence-corrected chi connectivity index (χ0v) is 16.9. The quantitative estimate of drug-likeness (QED) is 0.703. The van der Waals surface area contributed by atoms with Crippen LogP contribution in [0.5, 0.6) is 0 Å². The van der Waals surface area contributed by atoms with Crippen LogP contribution in [0.3, 0.4) is 0 Å². The van der Waals surface area contributed by atoms with Crippen LogP contribution >= 0.6 is 0 Å². The van der Waals surface area contributed by atoms with Gasteiger partial charge in [0, 0.05) is 63.2 Å². The molecule has 0 unspecified atom stereocenters. The summed E-state index contributed by atoms with van der Waals surface area (Å²) in [6, 6.07) is 11.1. The SMILES string of the molecule is Cn1cnc(CC(=O)N2CCN(c3ccccc3C(=O)Nc3ccncc3)CC2)c1. The molecule has 2 amide bonds. The number of hydrogen-bond acceptors (Lipinski definition) is 5. The number of piperazine rings is 1. The highest BCUT2D eigenvalue weighted by molar-refractivity contribution is 6.08. The molecule has 0 radical (unpaired) electrons. The molecule has 3 heterocycles. The Balaban J connectivity index is 1.40. The molecular formula is C22H24N6O2. The molecule has 0 atom stereocenters. The Morgan fingerprint density at radius 2 is 1.77 bits per heavy atom. The summed E-state index contributed by atoms with van der Waals surface area (Å²) in [7, 11) is 1.89. The Bertz CT molecular complexity index is 1020. The highest BCUT2D eigenvalue weighted by atomic mass is 16.2. The van der Waals surface area contributed by atoms with Crippen molar-refractivity contribution in [1.82, 2.24) is 19.4 Å². The molecule has 30 heavy (non-hydrogen) atoms. The molecule has 1 aromatic carbocycles. The van der Waals surface area contributed by atoms with E-state index in [-0.39, 0.29) is 11.8 Å². The lowest BCUT2D eigenvalue weighted by Crippen LogP contribution is -2.49. The monoisotopic (exact) mass is 404 g/mol. The fourth-order valence-electron chi connectivity index (χ4n) is 3.60. The fraction of sp³-hybridized carbons (Fsp3) is 0.273. The van der Waals surface area contributed by atoms with Gasteiger partial charge in [-0.3, -0.25) is 14.6 Å². The van der Waals surface area contributed by atoms with E-state index < -0.39 is 0 Å². The molecule has 0 aliphatic carbocycles. The predicted octanol–water partition coefficient (Wildman–Crippen LogP) is 1.96. The Kier molecular flexibility index (Phi) is 5.74. The molecule has 8 nitrogen and oxygen atoms in total. The molecule has 0 bridgehead atoms. The summed E-state index contributed by atoms with van der Waals surface area (Å²) in [5, 5.41) is 2.91. The standard InChI is InChI=1S/C22H24N6O2/c1-26-15-18(24-16-26)14-21(29)28-12-10-27(11-13-28)20-5-3-2-4-19(20)22(30)25-17-6-8-23-9-7-17/h2-9,15-16H,10-14H2,1H3,(H,23,25,30). The van der Waals surface area contributed by atoms with Gasteiger partial charge in [0.15, 0.2) is 0 Å². The number of hydrogen-bond donors (Lipinski definition) is 1. The van der Waals surface area contributed by atoms with E-state index in [1.165, 1.54) is 0 Å². The van der Waals surface area contributed by atoms with Crippen molar-refractivity contribution < 1.29 is 9.59 Å². The number of nitrogens with zero attached hydrogens (tertiary/aromatic N) is 5. The Morgan fingerprint density at radius 3 is 2.47 bits per heavy atom. The average molecular weight is 404 g/mol. The van der Waals surface area contributed by atoms with E-state index in [0.29, 0.717) is 43.9 Å². The Labute approximate surface area is 175 Å². The van der Waals surface area contributed by atoms with Crippen LogP contribution in [0, 0.1) is 0 Å². The molecule has 0 saturated carbocycles. The van der Waals surface area contributed by atoms with Gasteiger partial charge in [0.25, 0.3) is 5.91 Å². The highest BCUT2D eigenvalue weighted by Gasteiger charge is 2.24. The zero-order valence-electron chi connectivity index (χ0n) is 16.9. The van der Waals surface area contributed by atoms with E-state index in [1.54, 1.807) is 30.9 Å². The van der Waals surface area contributed by atoms with Crippen LogP contribution in [0.4, 0.5) is 11.4 Å². The van der Waals surface area contributed by atoms with Crippen molar-refractivity contribution in [1.29, 1.82) is 0 Å². The number of anilines is 2. The zero-order chi connectivity index (χ0) is 20.9. The van der Waals surface area contributed by atoms with Crippen LogP contribution in [0.1, 0.15) is 16.1 Å². The van der Waals surface area contributed by atoms with Crippen LogP contribution in [-0.2, 0) is 18.3 Å². The molecule has 1 aliphatic heterocycles. The van der Waals surface area contributed by atoms with Crippen molar-refractivity contribution in [3.05, 3.63) is 72.6 Å². The molecule has 1 aliphatic rings. The van der Waals surface area contributed by atoms with Gasteiger partial charge in [-0.25, -0.2) is 4.98 Å². The first-order valence-corrected chi connectivity index (χ1v) is 9.90. The number of rotatable bonds is 5. The number of nitrogens with one attached hydrogen (secondary N) is 1. The molecule has 4 rings (SSSR count). The Hall–Kier alpha value is -3.68. The first kappa shape index (κ1) is 19.6. The molecule has 1 fully saturated rings. The van der Waals surface area contributed by atoms with Crippen LogP contribution < -0.4 is 10.2 Å². The van der Waals surface area contributed by atoms with Crippen LogP contribution in [0.15, 0.2) is 61.3 Å². The van der Waals surface area contributed by atoms with Gasteiger partial charge in [0.05, 0.1) is 24.0 Å². The van der Waals surface area contributed by atoms with E-state index in [1.807, 2.05) is 47.0 Å². The van der Waals surface area contributed by atoms with Crippen molar-refractivity contribution in [2.45, 2.75) is 6.42 Å². The molecule has 3 aromatic rings. The number of amides is 2. The van der Waals surface area contributed by atoms with Gasteiger partial charge in [-0.05, 0) is 24.3 Å². The normalized spacial score (nSPS) is 13.9. The van der Waals surface area contributed by atoms with Crippen molar-refractivity contribution >= 4 is 23.2 Å². The summed E-state index contributed by atoms with van der Waals surface area (Å²) in [4.78, 5) is 37.6. The van der Waals surface area contributed by atoms with E-state index >= 15 is 0 Å². The van der Waals surface area contributed by atoms with Gasteiger partial charge in [-0.1, -0.05) is 12.1 Å². The van der Waals surface area contributed by atoms with Crippen molar-refractivity contribution in [2.24, 2.45) is 7.05 Å². The number of aromatic nitrogens is 3. The van der Waals surface area contributed by atoms with E-state index in [9.17, 15) is 9.59 Å². The highest BCUT2D eigenvalue weighted by Crippen LogP contribution is 2.23. The van der Waals surface area contributed by atoms with E-state index in [0.717, 1.165) is 11.4 Å². The average Bonchev–Trinajstić information content (AvgIpc) is 3.19. The molecule has 1 saturated heterocycles. The summed E-state index contributed by atoms with van der Waals surface area (Å²) < 4.78 is 1.84. The summed E-state index contributed by atoms with van der Waals surface area (Å²) in [5.41, 5.74) is 2.97. The fourth-order valence-corrected chi connectivity index (χ4v) is 3.60. The minimum Gasteiger partial charge on any atom is -0.367 e. The third kappa shape index (κ3) is 4.48. The third-order valence-electron chi connectivity index (χ3n) is 5.15. The number of carbonyl (C=O) groups excluding carboxylic acids is 2. The Morgan fingerprint density at radius 1 is 1.03 bits per heavy atom. The molecule has 154 valence electrons. The van der Waals surface area contributed by atoms with Gasteiger partial charge in [-0.2, -0.15) is 0 Å². The third-order valence-corrected chi connectivity index (χ3v) is 5.15. The molecule has 0 spiro atoms. The molecule has 1 N–H and O–H groups in total. The predicted molar refractivity (Wildman–Crippen MR) is 114 cm³/mol. The molecular weight excluding hydrogens is 380 g/mol. The second kappa shape index (κ2) is 8.77. The maximum absolute atomic E-state index is 12.8. The van der Waals surface area contributed by atoms with Gasteiger partial charge in [0.1, 0.15) is 0 Å². The summed E-state index contributed by atoms with van der Waals surface area (Å²) >= 11 is 0. The van der Waals surface area contributed by atoms with Crippen LogP contribution in [-0.4, -0.2) is 57.4 Å². The van der Waals surface area contributed by atoms with Gasteiger partial charge in [0.2, 0.25) is 5.91 Å². The van der Waals surface area contributed by atoms with Crippen molar-refractivity contribution in [2.75, 3.05) is 36.4 Å². The smallest absolute Gasteiger partial charge is 0.257 e. The maximum Gasteiger partial charge on any atom is 0.257 e. The van der Waals surface area contributed by atoms with Crippen LogP contribution in [0.2, 0.25) is 0 Å². The van der Waals surface area contributed by atoms with Gasteiger partial charge < -0.3 is 19.7 Å². The first-order valence-electron chi connectivity index (χ1n) is 9.90. The van der Waals surface area contributed by atoms with Gasteiger partial charge in [-0.15, -0.1) is 0 Å². The summed E-state index contributed by atoms with van der Waals surface area (Å²) in [6.07, 6.45) is 7.16. The van der Waals surface area contributed by atoms with Crippen molar-refractivity contribution in [3.63, 3.8) is 0 Å². The first-order chi connectivity index (χ1) is 14.6. The van der Waals surface area contributed by atoms with Crippen LogP contribution in [0.25, 0.3) is 0 Å². The van der Waals surface area contributed by atoms with Gasteiger partial charge >= 0.3 is 0 Å². The van der Waals surface area contributed by atoms with E-state index in [4.69, 9.17) is 0 Å². The number of para-hydroxylation sites is 1. The molecule has 8 heteroatoms. The lowest BCUT2D eigenvalue weighted by molar-refractivity contribution is -0.130. The molecule has 2 aromatic heterocycles. The topological polar surface area (TPSA) is 83.4 Å². The second-order valence-electron chi connectivity index (χ2n) is 7.28. The lowest BCUT2D eigenvalue weighted by Gasteiger charge is -2.36. The summed E-state index contributed by atoms with van der Waals surface area (Å²) in [5.74, 6) is -0.0810. The van der Waals surface area contributed by atoms with Crippen molar-refractivity contribution in [3.8, 4) is 0 Å². The minimum atomic E-state index is -0.162. The number of benzene rings is 1. The second-order valence-corrected chi connectivity index (χ2v) is 7.28. The minimum absolute atomic E-state index is 0.0806. The number of aryl methyl sites for hydroxylation is 1. The lowest BCUT2D eigenvalue weighted by atomic mass is 10.1. The summed E-state index contributed by atoms with van der Waals surface area (Å²) in [6.45, 7) is 2.58. The number of imidazole rings is 1. The number of carbonyl (C=O) groups is 2. The largest absolute Gasteiger partial charge is 0.367 e. The van der Waals surface area contributed by atoms with E-state index in [2.05, 4.69) is 20.2 Å². The maximum atomic E-state index is 12.8. The number of pyridine rings is 1.